The molecule has 0 heterocycles. The summed E-state index contributed by atoms with van der Waals surface area (Å²) in [6, 6.07) is 0.0218. The standard InChI is InChI=1S/C11H22N2OS/c1-3-5-8(12)11(14)13-9-6-4-7-10(9)15-2/h8-10H,3-7,12H2,1-2H3,(H,13,14)/t8-,9?,10?/m1/s1. The normalized spacial score (nSPS) is 27.7. The van der Waals surface area contributed by atoms with Crippen molar-refractivity contribution in [3.8, 4) is 0 Å². The van der Waals surface area contributed by atoms with Crippen molar-refractivity contribution < 1.29 is 4.79 Å². The Kier molecular flexibility index (Phi) is 5.47. The van der Waals surface area contributed by atoms with E-state index in [0.717, 1.165) is 19.3 Å². The quantitative estimate of drug-likeness (QED) is 0.753. The summed E-state index contributed by atoms with van der Waals surface area (Å²) in [5, 5.41) is 3.67. The summed E-state index contributed by atoms with van der Waals surface area (Å²) < 4.78 is 0. The molecule has 3 N–H and O–H groups in total. The average Bonchev–Trinajstić information content (AvgIpc) is 2.65. The van der Waals surface area contributed by atoms with E-state index in [2.05, 4.69) is 11.6 Å². The van der Waals surface area contributed by atoms with E-state index < -0.39 is 0 Å². The molecule has 0 radical (unpaired) electrons. The van der Waals surface area contributed by atoms with E-state index in [1.165, 1.54) is 12.8 Å². The second-order valence-electron chi connectivity index (χ2n) is 4.22. The molecule has 1 fully saturated rings. The van der Waals surface area contributed by atoms with E-state index in [1.54, 1.807) is 0 Å². The van der Waals surface area contributed by atoms with E-state index in [4.69, 9.17) is 5.73 Å². The highest BCUT2D eigenvalue weighted by atomic mass is 32.2. The number of nitrogens with two attached hydrogens (primary N) is 1. The van der Waals surface area contributed by atoms with Crippen molar-refractivity contribution in [2.45, 2.75) is 56.4 Å². The van der Waals surface area contributed by atoms with Gasteiger partial charge in [0.25, 0.3) is 0 Å². The van der Waals surface area contributed by atoms with Gasteiger partial charge in [-0.25, -0.2) is 0 Å². The molecule has 0 aromatic rings. The topological polar surface area (TPSA) is 55.1 Å². The van der Waals surface area contributed by atoms with Gasteiger partial charge in [-0.15, -0.1) is 0 Å². The second-order valence-corrected chi connectivity index (χ2v) is 5.29. The molecular formula is C11H22N2OS. The molecule has 1 amide bonds. The van der Waals surface area contributed by atoms with Crippen molar-refractivity contribution in [1.82, 2.24) is 5.32 Å². The SMILES string of the molecule is CCC[C@@H](N)C(=O)NC1CCCC1SC. The number of amides is 1. The maximum absolute atomic E-state index is 11.7. The lowest BCUT2D eigenvalue weighted by molar-refractivity contribution is -0.123. The largest absolute Gasteiger partial charge is 0.351 e. The van der Waals surface area contributed by atoms with Crippen LogP contribution in [-0.2, 0) is 4.79 Å². The van der Waals surface area contributed by atoms with Gasteiger partial charge >= 0.3 is 0 Å². The summed E-state index contributed by atoms with van der Waals surface area (Å²) in [4.78, 5) is 11.7. The summed E-state index contributed by atoms with van der Waals surface area (Å²) in [7, 11) is 0. The van der Waals surface area contributed by atoms with E-state index >= 15 is 0 Å². The number of carbonyl (C=O) groups is 1. The minimum Gasteiger partial charge on any atom is -0.351 e. The third kappa shape index (κ3) is 3.68. The average molecular weight is 230 g/mol. The van der Waals surface area contributed by atoms with Crippen molar-refractivity contribution >= 4 is 17.7 Å². The molecule has 1 aliphatic rings. The zero-order chi connectivity index (χ0) is 11.3. The molecule has 0 saturated heterocycles. The molecule has 3 atom stereocenters. The Hall–Kier alpha value is -0.220. The van der Waals surface area contributed by atoms with Crippen LogP contribution in [-0.4, -0.2) is 29.5 Å². The maximum atomic E-state index is 11.7. The van der Waals surface area contributed by atoms with Crippen LogP contribution in [0.3, 0.4) is 0 Å². The smallest absolute Gasteiger partial charge is 0.237 e. The summed E-state index contributed by atoms with van der Waals surface area (Å²) in [5.74, 6) is 0.0304. The van der Waals surface area contributed by atoms with Gasteiger partial charge in [-0.05, 0) is 25.5 Å². The maximum Gasteiger partial charge on any atom is 0.237 e. The highest BCUT2D eigenvalue weighted by Crippen LogP contribution is 2.28. The number of rotatable bonds is 5. The fourth-order valence-electron chi connectivity index (χ4n) is 2.11. The van der Waals surface area contributed by atoms with Gasteiger partial charge in [-0.1, -0.05) is 19.8 Å². The van der Waals surface area contributed by atoms with Gasteiger partial charge in [-0.3, -0.25) is 4.79 Å². The third-order valence-corrected chi connectivity index (χ3v) is 4.19. The summed E-state index contributed by atoms with van der Waals surface area (Å²) in [6.45, 7) is 2.05. The number of carbonyl (C=O) groups excluding carboxylic acids is 1. The van der Waals surface area contributed by atoms with Gasteiger partial charge in [0, 0.05) is 11.3 Å². The van der Waals surface area contributed by atoms with Crippen molar-refractivity contribution in [2.75, 3.05) is 6.26 Å². The van der Waals surface area contributed by atoms with E-state index in [0.29, 0.717) is 11.3 Å². The van der Waals surface area contributed by atoms with Gasteiger partial charge in [-0.2, -0.15) is 11.8 Å². The molecule has 4 heteroatoms. The molecule has 0 aromatic heterocycles. The van der Waals surface area contributed by atoms with Gasteiger partial charge < -0.3 is 11.1 Å². The van der Waals surface area contributed by atoms with E-state index in [9.17, 15) is 4.79 Å². The first-order chi connectivity index (χ1) is 7.19. The van der Waals surface area contributed by atoms with Crippen molar-refractivity contribution in [3.63, 3.8) is 0 Å². The highest BCUT2D eigenvalue weighted by Gasteiger charge is 2.28. The first kappa shape index (κ1) is 12.8. The van der Waals surface area contributed by atoms with Crippen molar-refractivity contribution in [2.24, 2.45) is 5.73 Å². The molecular weight excluding hydrogens is 208 g/mol. The Morgan fingerprint density at radius 3 is 2.93 bits per heavy atom. The molecule has 1 rings (SSSR count). The first-order valence-electron chi connectivity index (χ1n) is 5.77. The van der Waals surface area contributed by atoms with E-state index in [1.807, 2.05) is 18.7 Å². The minimum absolute atomic E-state index is 0.0304. The lowest BCUT2D eigenvalue weighted by Crippen LogP contribution is -2.47. The molecule has 0 aliphatic heterocycles. The molecule has 88 valence electrons. The van der Waals surface area contributed by atoms with Crippen LogP contribution in [0.5, 0.6) is 0 Å². The zero-order valence-corrected chi connectivity index (χ0v) is 10.5. The molecule has 3 nitrogen and oxygen atoms in total. The Morgan fingerprint density at radius 2 is 2.33 bits per heavy atom. The van der Waals surface area contributed by atoms with Crippen molar-refractivity contribution in [3.05, 3.63) is 0 Å². The molecule has 0 spiro atoms. The molecule has 0 aromatic carbocycles. The van der Waals surface area contributed by atoms with Gasteiger partial charge in [0.05, 0.1) is 6.04 Å². The molecule has 15 heavy (non-hydrogen) atoms. The number of hydrogen-bond acceptors (Lipinski definition) is 3. The van der Waals surface area contributed by atoms with Gasteiger partial charge in [0.1, 0.15) is 0 Å². The number of nitrogens with one attached hydrogen (secondary N) is 1. The third-order valence-electron chi connectivity index (χ3n) is 3.02. The molecule has 0 bridgehead atoms. The van der Waals surface area contributed by atoms with Crippen LogP contribution in [0.1, 0.15) is 39.0 Å². The van der Waals surface area contributed by atoms with Gasteiger partial charge in [0.15, 0.2) is 0 Å². The van der Waals surface area contributed by atoms with Crippen LogP contribution < -0.4 is 11.1 Å². The Morgan fingerprint density at radius 1 is 1.60 bits per heavy atom. The fourth-order valence-corrected chi connectivity index (χ4v) is 3.04. The summed E-state index contributed by atoms with van der Waals surface area (Å²) in [5.41, 5.74) is 5.77. The monoisotopic (exact) mass is 230 g/mol. The predicted molar refractivity (Wildman–Crippen MR) is 66.0 cm³/mol. The van der Waals surface area contributed by atoms with Crippen molar-refractivity contribution in [1.29, 1.82) is 0 Å². The Labute approximate surface area is 96.6 Å². The van der Waals surface area contributed by atoms with E-state index in [-0.39, 0.29) is 11.9 Å². The highest BCUT2D eigenvalue weighted by molar-refractivity contribution is 7.99. The van der Waals surface area contributed by atoms with Crippen LogP contribution >= 0.6 is 11.8 Å². The lowest BCUT2D eigenvalue weighted by atomic mass is 10.1. The first-order valence-corrected chi connectivity index (χ1v) is 7.06. The lowest BCUT2D eigenvalue weighted by Gasteiger charge is -2.21. The van der Waals surface area contributed by atoms with Crippen LogP contribution in [0, 0.1) is 0 Å². The predicted octanol–water partition coefficient (Wildman–Crippen LogP) is 1.51. The summed E-state index contributed by atoms with van der Waals surface area (Å²) in [6.07, 6.45) is 7.40. The van der Waals surface area contributed by atoms with Crippen LogP contribution in [0.15, 0.2) is 0 Å². The Balaban J connectivity index is 2.36. The zero-order valence-electron chi connectivity index (χ0n) is 9.66. The number of hydrogen-bond donors (Lipinski definition) is 2. The Bertz CT molecular complexity index is 211. The fraction of sp³-hybridized carbons (Fsp3) is 0.909. The second kappa shape index (κ2) is 6.38. The van der Waals surface area contributed by atoms with Crippen LogP contribution in [0.25, 0.3) is 0 Å². The van der Waals surface area contributed by atoms with Crippen LogP contribution in [0.2, 0.25) is 0 Å². The summed E-state index contributed by atoms with van der Waals surface area (Å²) >= 11 is 1.85. The molecule has 2 unspecified atom stereocenters. The van der Waals surface area contributed by atoms with Gasteiger partial charge in [0.2, 0.25) is 5.91 Å². The minimum atomic E-state index is -0.321. The molecule has 1 saturated carbocycles. The van der Waals surface area contributed by atoms with Crippen LogP contribution in [0.4, 0.5) is 0 Å². The number of thioether (sulfide) groups is 1. The molecule has 1 aliphatic carbocycles.